The Morgan fingerprint density at radius 3 is 2.83 bits per heavy atom. The Hall–Kier alpha value is 0.170. The molecule has 2 rings (SSSR count). The van der Waals surface area contributed by atoms with E-state index < -0.39 is 6.43 Å². The van der Waals surface area contributed by atoms with Gasteiger partial charge in [-0.25, -0.2) is 8.78 Å². The minimum absolute atomic E-state index is 0. The molecule has 1 saturated heterocycles. The van der Waals surface area contributed by atoms with Gasteiger partial charge in [0.1, 0.15) is 0 Å². The average molecular weight is 475 g/mol. The monoisotopic (exact) mass is 475 g/mol. The highest BCUT2D eigenvalue weighted by molar-refractivity contribution is 14.0. The van der Waals surface area contributed by atoms with Crippen molar-refractivity contribution in [1.82, 2.24) is 4.90 Å². The van der Waals surface area contributed by atoms with Crippen LogP contribution in [0.15, 0.2) is 11.4 Å². The molecule has 3 nitrogen and oxygen atoms in total. The molecule has 0 bridgehead atoms. The van der Waals surface area contributed by atoms with Gasteiger partial charge in [0, 0.05) is 37.5 Å². The molecule has 2 atom stereocenters. The van der Waals surface area contributed by atoms with Crippen molar-refractivity contribution < 1.29 is 18.3 Å². The maximum absolute atomic E-state index is 12.3. The molecule has 1 aliphatic heterocycles. The smallest absolute Gasteiger partial charge is 0.243 e. The van der Waals surface area contributed by atoms with Crippen LogP contribution < -0.4 is 0 Å². The fraction of sp³-hybridized carbons (Fsp3) is 0.765. The van der Waals surface area contributed by atoms with E-state index in [9.17, 15) is 8.78 Å². The highest BCUT2D eigenvalue weighted by Crippen LogP contribution is 2.21. The molecule has 2 heterocycles. The highest BCUT2D eigenvalue weighted by Gasteiger charge is 2.25. The highest BCUT2D eigenvalue weighted by atomic mass is 127. The largest absolute Gasteiger partial charge is 0.383 e. The van der Waals surface area contributed by atoms with E-state index in [2.05, 4.69) is 11.8 Å². The zero-order chi connectivity index (χ0) is 16.7. The summed E-state index contributed by atoms with van der Waals surface area (Å²) in [6.45, 7) is 5.70. The predicted molar refractivity (Wildman–Crippen MR) is 105 cm³/mol. The Morgan fingerprint density at radius 1 is 1.38 bits per heavy atom. The molecule has 0 unspecified atom stereocenters. The lowest BCUT2D eigenvalue weighted by atomic mass is 10.0. The van der Waals surface area contributed by atoms with Crippen molar-refractivity contribution in [2.45, 2.75) is 51.2 Å². The topological polar surface area (TPSA) is 21.7 Å². The zero-order valence-electron chi connectivity index (χ0n) is 14.4. The van der Waals surface area contributed by atoms with Crippen molar-refractivity contribution in [3.8, 4) is 0 Å². The van der Waals surface area contributed by atoms with Crippen LogP contribution >= 0.6 is 35.3 Å². The fourth-order valence-electron chi connectivity index (χ4n) is 3.03. The molecule has 0 saturated carbocycles. The van der Waals surface area contributed by atoms with Crippen molar-refractivity contribution in [3.05, 3.63) is 21.9 Å². The summed E-state index contributed by atoms with van der Waals surface area (Å²) in [6, 6.07) is 2.40. The third-order valence-electron chi connectivity index (χ3n) is 4.36. The number of rotatable bonds is 9. The quantitative estimate of drug-likeness (QED) is 0.499. The number of hydrogen-bond donors (Lipinski definition) is 0. The Labute approximate surface area is 164 Å². The van der Waals surface area contributed by atoms with Crippen LogP contribution in [0.4, 0.5) is 8.78 Å². The standard InChI is InChI=1S/C17H27F2NO2S.HI/c1-13-9-15(3-5-20(13)6-8-21-2)22-7-4-14-10-16(23-12-14)11-17(18)19;/h10,12-13,15,17H,3-9,11H2,1-2H3;1H/t13-,15+;/m0./s1. The molecule has 0 aromatic carbocycles. The molecule has 0 N–H and O–H groups in total. The van der Waals surface area contributed by atoms with Crippen LogP contribution in [-0.4, -0.2) is 56.9 Å². The second-order valence-electron chi connectivity index (χ2n) is 6.16. The molecular formula is C17H28F2INO2S. The first-order chi connectivity index (χ1) is 11.1. The molecule has 24 heavy (non-hydrogen) atoms. The summed E-state index contributed by atoms with van der Waals surface area (Å²) in [5.74, 6) is 0. The maximum atomic E-state index is 12.3. The Balaban J connectivity index is 0.00000288. The molecule has 0 spiro atoms. The summed E-state index contributed by atoms with van der Waals surface area (Å²) in [7, 11) is 1.73. The van der Waals surface area contributed by atoms with Gasteiger partial charge in [0.2, 0.25) is 6.43 Å². The lowest BCUT2D eigenvalue weighted by Crippen LogP contribution is -2.44. The number of ether oxygens (including phenoxy) is 2. The van der Waals surface area contributed by atoms with E-state index in [4.69, 9.17) is 9.47 Å². The summed E-state index contributed by atoms with van der Waals surface area (Å²) >= 11 is 1.42. The Kier molecular flexibility index (Phi) is 10.8. The Morgan fingerprint density at radius 2 is 2.17 bits per heavy atom. The van der Waals surface area contributed by atoms with E-state index in [0.29, 0.717) is 18.8 Å². The van der Waals surface area contributed by atoms with Crippen LogP contribution in [0.3, 0.4) is 0 Å². The van der Waals surface area contributed by atoms with Crippen LogP contribution in [0.25, 0.3) is 0 Å². The summed E-state index contributed by atoms with van der Waals surface area (Å²) in [5.41, 5.74) is 1.11. The van der Waals surface area contributed by atoms with Gasteiger partial charge in [-0.2, -0.15) is 0 Å². The SMILES string of the molecule is COCCN1CC[C@@H](OCCc2csc(CC(F)F)c2)C[C@@H]1C.I. The molecule has 0 aliphatic carbocycles. The number of nitrogens with zero attached hydrogens (tertiary/aromatic N) is 1. The number of thiophene rings is 1. The Bertz CT molecular complexity index is 462. The lowest BCUT2D eigenvalue weighted by Gasteiger charge is -2.37. The van der Waals surface area contributed by atoms with Crippen molar-refractivity contribution in [3.63, 3.8) is 0 Å². The summed E-state index contributed by atoms with van der Waals surface area (Å²) in [5, 5.41) is 1.97. The molecular weight excluding hydrogens is 447 g/mol. The van der Waals surface area contributed by atoms with Crippen LogP contribution in [0.1, 0.15) is 30.2 Å². The minimum atomic E-state index is -2.26. The molecule has 7 heteroatoms. The van der Waals surface area contributed by atoms with Gasteiger partial charge in [0.15, 0.2) is 0 Å². The number of alkyl halides is 2. The first-order valence-corrected chi connectivity index (χ1v) is 9.15. The van der Waals surface area contributed by atoms with Crippen LogP contribution in [0.2, 0.25) is 0 Å². The van der Waals surface area contributed by atoms with Gasteiger partial charge in [0.25, 0.3) is 0 Å². The van der Waals surface area contributed by atoms with Gasteiger partial charge in [-0.05, 0) is 43.2 Å². The zero-order valence-corrected chi connectivity index (χ0v) is 17.5. The molecule has 1 aliphatic rings. The summed E-state index contributed by atoms with van der Waals surface area (Å²) < 4.78 is 35.8. The fourth-order valence-corrected chi connectivity index (χ4v) is 3.96. The van der Waals surface area contributed by atoms with E-state index in [1.807, 2.05) is 11.4 Å². The maximum Gasteiger partial charge on any atom is 0.243 e. The summed E-state index contributed by atoms with van der Waals surface area (Å²) in [6.07, 6.45) is 0.810. The van der Waals surface area contributed by atoms with Gasteiger partial charge >= 0.3 is 0 Å². The predicted octanol–water partition coefficient (Wildman–Crippen LogP) is 4.23. The van der Waals surface area contributed by atoms with E-state index >= 15 is 0 Å². The van der Waals surface area contributed by atoms with E-state index in [0.717, 1.165) is 49.4 Å². The molecule has 0 radical (unpaired) electrons. The van der Waals surface area contributed by atoms with E-state index in [-0.39, 0.29) is 30.4 Å². The first kappa shape index (κ1) is 22.2. The van der Waals surface area contributed by atoms with Crippen molar-refractivity contribution >= 4 is 35.3 Å². The van der Waals surface area contributed by atoms with Crippen molar-refractivity contribution in [2.75, 3.05) is 33.4 Å². The van der Waals surface area contributed by atoms with Gasteiger partial charge in [-0.15, -0.1) is 35.3 Å². The number of halogens is 3. The number of hydrogen-bond acceptors (Lipinski definition) is 4. The van der Waals surface area contributed by atoms with Crippen molar-refractivity contribution in [1.29, 1.82) is 0 Å². The van der Waals surface area contributed by atoms with Crippen LogP contribution in [0.5, 0.6) is 0 Å². The number of piperidine rings is 1. The van der Waals surface area contributed by atoms with Crippen LogP contribution in [-0.2, 0) is 22.3 Å². The van der Waals surface area contributed by atoms with Crippen molar-refractivity contribution in [2.24, 2.45) is 0 Å². The average Bonchev–Trinajstić information content (AvgIpc) is 2.93. The van der Waals surface area contributed by atoms with E-state index in [1.165, 1.54) is 11.3 Å². The molecule has 0 amide bonds. The molecule has 1 aromatic heterocycles. The second kappa shape index (κ2) is 11.7. The van der Waals surface area contributed by atoms with Gasteiger partial charge in [0.05, 0.1) is 19.3 Å². The van der Waals surface area contributed by atoms with E-state index in [1.54, 1.807) is 7.11 Å². The number of methoxy groups -OCH3 is 1. The number of likely N-dealkylation sites (tertiary alicyclic amines) is 1. The third kappa shape index (κ3) is 7.59. The molecule has 140 valence electrons. The van der Waals surface area contributed by atoms with Gasteiger partial charge in [-0.1, -0.05) is 0 Å². The normalized spacial score (nSPS) is 21.9. The summed E-state index contributed by atoms with van der Waals surface area (Å²) in [4.78, 5) is 3.20. The van der Waals surface area contributed by atoms with Gasteiger partial charge in [-0.3, -0.25) is 4.90 Å². The molecule has 1 aromatic rings. The lowest BCUT2D eigenvalue weighted by molar-refractivity contribution is -0.0156. The third-order valence-corrected chi connectivity index (χ3v) is 5.36. The minimum Gasteiger partial charge on any atom is -0.383 e. The van der Waals surface area contributed by atoms with Gasteiger partial charge < -0.3 is 9.47 Å². The van der Waals surface area contributed by atoms with Crippen LogP contribution in [0, 0.1) is 0 Å². The molecule has 1 fully saturated rings. The second-order valence-corrected chi connectivity index (χ2v) is 7.16. The first-order valence-electron chi connectivity index (χ1n) is 8.27.